The molecule has 0 saturated carbocycles. The maximum atomic E-state index is 13.1. The van der Waals surface area contributed by atoms with Crippen molar-refractivity contribution < 1.29 is 4.79 Å². The van der Waals surface area contributed by atoms with E-state index in [2.05, 4.69) is 26.2 Å². The highest BCUT2D eigenvalue weighted by Crippen LogP contribution is 2.34. The maximum Gasteiger partial charge on any atom is 0.251 e. The number of thioether (sulfide) groups is 1. The van der Waals surface area contributed by atoms with Gasteiger partial charge in [0, 0.05) is 17.1 Å². The van der Waals surface area contributed by atoms with E-state index in [0.717, 1.165) is 21.7 Å². The first kappa shape index (κ1) is 18.2. The Morgan fingerprint density at radius 1 is 1.18 bits per heavy atom. The Hall–Kier alpha value is -3.13. The van der Waals surface area contributed by atoms with E-state index in [1.807, 2.05) is 67.8 Å². The van der Waals surface area contributed by atoms with Crippen molar-refractivity contribution in [1.82, 2.24) is 25.5 Å². The topological polar surface area (TPSA) is 84.7 Å². The predicted molar refractivity (Wildman–Crippen MR) is 109 cm³/mol. The Labute approximate surface area is 167 Å². The van der Waals surface area contributed by atoms with E-state index < -0.39 is 6.04 Å². The fourth-order valence-corrected chi connectivity index (χ4v) is 3.68. The molecule has 0 aliphatic carbocycles. The second-order valence-electron chi connectivity index (χ2n) is 6.45. The number of allylic oxidation sites excluding steroid dienone is 1. The van der Waals surface area contributed by atoms with E-state index in [1.54, 1.807) is 16.4 Å². The Morgan fingerprint density at radius 3 is 2.64 bits per heavy atom. The van der Waals surface area contributed by atoms with Gasteiger partial charge >= 0.3 is 0 Å². The number of amides is 1. The fourth-order valence-electron chi connectivity index (χ4n) is 3.27. The normalized spacial score (nSPS) is 15.7. The van der Waals surface area contributed by atoms with Crippen LogP contribution in [0, 0.1) is 0 Å². The molecule has 8 heteroatoms. The molecule has 142 valence electrons. The average molecular weight is 392 g/mol. The molecule has 0 saturated heterocycles. The Balaban J connectivity index is 1.67. The van der Waals surface area contributed by atoms with Gasteiger partial charge in [-0.15, -0.1) is 11.8 Å². The smallest absolute Gasteiger partial charge is 0.251 e. The summed E-state index contributed by atoms with van der Waals surface area (Å²) in [5, 5.41) is 18.1. The third-order valence-corrected chi connectivity index (χ3v) is 5.43. The van der Waals surface area contributed by atoms with Crippen LogP contribution in [0.1, 0.15) is 24.1 Å². The van der Waals surface area contributed by atoms with E-state index >= 15 is 0 Å². The number of tetrazole rings is 1. The number of carbonyl (C=O) groups excluding carboxylic acids is 1. The van der Waals surface area contributed by atoms with Gasteiger partial charge < -0.3 is 10.6 Å². The number of hydrogen-bond donors (Lipinski definition) is 2. The highest BCUT2D eigenvalue weighted by Gasteiger charge is 2.33. The first-order valence-corrected chi connectivity index (χ1v) is 10.1. The molecule has 0 fully saturated rings. The van der Waals surface area contributed by atoms with Gasteiger partial charge in [-0.3, -0.25) is 4.79 Å². The number of hydrogen-bond acceptors (Lipinski definition) is 6. The second-order valence-corrected chi connectivity index (χ2v) is 7.33. The van der Waals surface area contributed by atoms with Gasteiger partial charge in [-0.2, -0.15) is 4.68 Å². The lowest BCUT2D eigenvalue weighted by atomic mass is 9.95. The Bertz CT molecular complexity index is 1010. The number of aromatic nitrogens is 4. The molecule has 7 nitrogen and oxygen atoms in total. The van der Waals surface area contributed by atoms with E-state index in [4.69, 9.17) is 0 Å². The third kappa shape index (κ3) is 3.50. The quantitative estimate of drug-likeness (QED) is 0.650. The molecule has 2 aromatic carbocycles. The molecule has 1 aliphatic rings. The molecular weight excluding hydrogens is 372 g/mol. The molecule has 4 rings (SSSR count). The van der Waals surface area contributed by atoms with Crippen LogP contribution in [0.2, 0.25) is 0 Å². The monoisotopic (exact) mass is 392 g/mol. The lowest BCUT2D eigenvalue weighted by Crippen LogP contribution is -2.34. The summed E-state index contributed by atoms with van der Waals surface area (Å²) in [6, 6.07) is 17.6. The standard InChI is InChI=1S/C20H20N6OS/c1-13-17(19(27)21-12-14-6-4-3-5-7-14)18(26-20(22-13)23-24-25-26)15-8-10-16(28-2)11-9-15/h3-11,18H,12H2,1-2H3,(H,21,27)(H,22,23,25). The number of anilines is 1. The Kier molecular flexibility index (Phi) is 5.12. The van der Waals surface area contributed by atoms with Gasteiger partial charge in [0.25, 0.3) is 5.91 Å². The summed E-state index contributed by atoms with van der Waals surface area (Å²) in [5.41, 5.74) is 3.35. The molecule has 2 N–H and O–H groups in total. The molecule has 0 radical (unpaired) electrons. The minimum atomic E-state index is -0.391. The summed E-state index contributed by atoms with van der Waals surface area (Å²) in [6.07, 6.45) is 2.03. The summed E-state index contributed by atoms with van der Waals surface area (Å²) < 4.78 is 1.65. The highest BCUT2D eigenvalue weighted by atomic mass is 32.2. The molecule has 1 aromatic heterocycles. The molecule has 1 unspecified atom stereocenters. The van der Waals surface area contributed by atoms with Gasteiger partial charge in [-0.05, 0) is 46.9 Å². The van der Waals surface area contributed by atoms with Gasteiger partial charge in [-0.25, -0.2) is 0 Å². The fraction of sp³-hybridized carbons (Fsp3) is 0.200. The van der Waals surface area contributed by atoms with Crippen molar-refractivity contribution >= 4 is 23.6 Å². The lowest BCUT2D eigenvalue weighted by molar-refractivity contribution is -0.118. The van der Waals surface area contributed by atoms with Gasteiger partial charge in [-0.1, -0.05) is 47.6 Å². The molecule has 3 aromatic rings. The zero-order valence-corrected chi connectivity index (χ0v) is 16.4. The van der Waals surface area contributed by atoms with Crippen LogP contribution in [0.4, 0.5) is 5.95 Å². The van der Waals surface area contributed by atoms with Gasteiger partial charge in [0.2, 0.25) is 5.95 Å². The van der Waals surface area contributed by atoms with Crippen molar-refractivity contribution in [1.29, 1.82) is 0 Å². The average Bonchev–Trinajstić information content (AvgIpc) is 3.20. The molecule has 2 heterocycles. The van der Waals surface area contributed by atoms with Crippen LogP contribution in [-0.2, 0) is 11.3 Å². The number of nitrogens with zero attached hydrogens (tertiary/aromatic N) is 4. The zero-order valence-electron chi connectivity index (χ0n) is 15.6. The SMILES string of the molecule is CSc1ccc(C2C(C(=O)NCc3ccccc3)=C(C)Nc3nnnn32)cc1. The van der Waals surface area contributed by atoms with Crippen LogP contribution in [0.25, 0.3) is 0 Å². The van der Waals surface area contributed by atoms with E-state index in [1.165, 1.54) is 0 Å². The van der Waals surface area contributed by atoms with Crippen LogP contribution >= 0.6 is 11.8 Å². The maximum absolute atomic E-state index is 13.1. The number of benzene rings is 2. The first-order valence-electron chi connectivity index (χ1n) is 8.89. The van der Waals surface area contributed by atoms with Crippen molar-refractivity contribution in [3.63, 3.8) is 0 Å². The van der Waals surface area contributed by atoms with Crippen molar-refractivity contribution in [2.45, 2.75) is 24.4 Å². The third-order valence-electron chi connectivity index (χ3n) is 4.69. The number of carbonyl (C=O) groups is 1. The number of rotatable bonds is 5. The molecule has 1 atom stereocenters. The number of fused-ring (bicyclic) bond motifs is 1. The molecule has 28 heavy (non-hydrogen) atoms. The minimum Gasteiger partial charge on any atom is -0.348 e. The Morgan fingerprint density at radius 2 is 1.93 bits per heavy atom. The van der Waals surface area contributed by atoms with Crippen molar-refractivity contribution in [3.8, 4) is 0 Å². The lowest BCUT2D eigenvalue weighted by Gasteiger charge is -2.28. The summed E-state index contributed by atoms with van der Waals surface area (Å²) in [6.45, 7) is 2.33. The van der Waals surface area contributed by atoms with Crippen LogP contribution in [0.3, 0.4) is 0 Å². The minimum absolute atomic E-state index is 0.144. The highest BCUT2D eigenvalue weighted by molar-refractivity contribution is 7.98. The predicted octanol–water partition coefficient (Wildman–Crippen LogP) is 3.00. The van der Waals surface area contributed by atoms with E-state index in [9.17, 15) is 4.79 Å². The summed E-state index contributed by atoms with van der Waals surface area (Å²) >= 11 is 1.67. The number of nitrogens with one attached hydrogen (secondary N) is 2. The summed E-state index contributed by atoms with van der Waals surface area (Å²) in [5.74, 6) is 0.380. The van der Waals surface area contributed by atoms with Crippen molar-refractivity contribution in [3.05, 3.63) is 77.0 Å². The van der Waals surface area contributed by atoms with Crippen molar-refractivity contribution in [2.75, 3.05) is 11.6 Å². The van der Waals surface area contributed by atoms with Crippen molar-refractivity contribution in [2.24, 2.45) is 0 Å². The first-order chi connectivity index (χ1) is 13.7. The summed E-state index contributed by atoms with van der Waals surface area (Å²) in [7, 11) is 0. The van der Waals surface area contributed by atoms with Gasteiger partial charge in [0.05, 0.1) is 5.57 Å². The van der Waals surface area contributed by atoms with E-state index in [-0.39, 0.29) is 5.91 Å². The van der Waals surface area contributed by atoms with E-state index in [0.29, 0.717) is 18.1 Å². The molecule has 1 aliphatic heterocycles. The van der Waals surface area contributed by atoms with Crippen LogP contribution in [0.15, 0.2) is 70.8 Å². The second kappa shape index (κ2) is 7.85. The summed E-state index contributed by atoms with van der Waals surface area (Å²) in [4.78, 5) is 14.3. The molecule has 0 bridgehead atoms. The molecule has 1 amide bonds. The van der Waals surface area contributed by atoms with Crippen LogP contribution in [0.5, 0.6) is 0 Å². The van der Waals surface area contributed by atoms with Crippen LogP contribution in [-0.4, -0.2) is 32.4 Å². The largest absolute Gasteiger partial charge is 0.348 e. The molecule has 0 spiro atoms. The van der Waals surface area contributed by atoms with Gasteiger partial charge in [0.1, 0.15) is 6.04 Å². The molecular formula is C20H20N6OS. The zero-order chi connectivity index (χ0) is 19.5. The van der Waals surface area contributed by atoms with Gasteiger partial charge in [0.15, 0.2) is 0 Å². The van der Waals surface area contributed by atoms with Crippen LogP contribution < -0.4 is 10.6 Å².